The highest BCUT2D eigenvalue weighted by atomic mass is 32.2. The number of amides is 1. The number of sulfonamides is 1. The molecule has 1 aromatic carbocycles. The van der Waals surface area contributed by atoms with Crippen molar-refractivity contribution < 1.29 is 31.1 Å². The number of benzene rings is 1. The second-order valence-electron chi connectivity index (χ2n) is 4.51. The number of hydrogen-bond acceptors (Lipinski definition) is 4. The van der Waals surface area contributed by atoms with Crippen molar-refractivity contribution in [2.75, 3.05) is 13.2 Å². The van der Waals surface area contributed by atoms with E-state index < -0.39 is 41.4 Å². The van der Waals surface area contributed by atoms with Gasteiger partial charge in [-0.1, -0.05) is 12.1 Å². The number of halogens is 3. The maximum Gasteiger partial charge on any atom is 0.411 e. The van der Waals surface area contributed by atoms with Crippen LogP contribution in [0.2, 0.25) is 0 Å². The van der Waals surface area contributed by atoms with E-state index in [1.165, 1.54) is 24.3 Å². The highest BCUT2D eigenvalue weighted by Crippen LogP contribution is 2.16. The van der Waals surface area contributed by atoms with Crippen LogP contribution in [0.4, 0.5) is 13.2 Å². The Morgan fingerprint density at radius 2 is 1.86 bits per heavy atom. The Balaban J connectivity index is 2.54. The monoisotopic (exact) mass is 340 g/mol. The van der Waals surface area contributed by atoms with E-state index in [2.05, 4.69) is 10.1 Å². The first-order valence-corrected chi connectivity index (χ1v) is 7.60. The molecule has 0 heterocycles. The summed E-state index contributed by atoms with van der Waals surface area (Å²) in [5, 5.41) is 7.38. The third kappa shape index (κ3) is 6.41. The Bertz CT molecular complexity index is 614. The summed E-state index contributed by atoms with van der Waals surface area (Å²) in [5.74, 6) is -0.715. The van der Waals surface area contributed by atoms with Gasteiger partial charge in [-0.15, -0.1) is 0 Å². The lowest BCUT2D eigenvalue weighted by Crippen LogP contribution is -2.31. The first kappa shape index (κ1) is 18.4. The number of ether oxygens (including phenoxy) is 1. The van der Waals surface area contributed by atoms with Crippen LogP contribution in [0, 0.1) is 0 Å². The summed E-state index contributed by atoms with van der Waals surface area (Å²) >= 11 is 0. The van der Waals surface area contributed by atoms with Gasteiger partial charge < -0.3 is 10.1 Å². The minimum absolute atomic E-state index is 0.0803. The molecule has 0 spiro atoms. The molecule has 6 nitrogen and oxygen atoms in total. The van der Waals surface area contributed by atoms with Crippen molar-refractivity contribution in [3.63, 3.8) is 0 Å². The fourth-order valence-electron chi connectivity index (χ4n) is 1.57. The lowest BCUT2D eigenvalue weighted by atomic mass is 10.1. The summed E-state index contributed by atoms with van der Waals surface area (Å²) < 4.78 is 62.0. The van der Waals surface area contributed by atoms with Gasteiger partial charge in [0.05, 0.1) is 10.9 Å². The highest BCUT2D eigenvalue weighted by molar-refractivity contribution is 7.89. The largest absolute Gasteiger partial charge is 0.411 e. The van der Waals surface area contributed by atoms with Gasteiger partial charge in [0.15, 0.2) is 0 Å². The van der Waals surface area contributed by atoms with Gasteiger partial charge in [-0.05, 0) is 24.6 Å². The summed E-state index contributed by atoms with van der Waals surface area (Å²) in [6, 6.07) is 4.90. The van der Waals surface area contributed by atoms with Gasteiger partial charge in [0.1, 0.15) is 13.2 Å². The minimum atomic E-state index is -4.49. The van der Waals surface area contributed by atoms with Crippen molar-refractivity contribution in [1.29, 1.82) is 0 Å². The molecule has 0 aromatic heterocycles. The van der Waals surface area contributed by atoms with Crippen LogP contribution in [-0.4, -0.2) is 33.7 Å². The molecule has 0 saturated carbocycles. The molecule has 1 atom stereocenters. The molecular formula is C12H15F3N2O4S. The van der Waals surface area contributed by atoms with E-state index in [0.717, 1.165) is 0 Å². The molecule has 10 heteroatoms. The zero-order chi connectivity index (χ0) is 17.0. The smallest absolute Gasteiger partial charge is 0.362 e. The maximum atomic E-state index is 11.9. The fourth-order valence-corrected chi connectivity index (χ4v) is 2.09. The molecule has 1 amide bonds. The molecule has 0 saturated heterocycles. The predicted octanol–water partition coefficient (Wildman–Crippen LogP) is 1.09. The number of carbonyl (C=O) groups is 1. The van der Waals surface area contributed by atoms with E-state index in [1.807, 2.05) is 0 Å². The third-order valence-electron chi connectivity index (χ3n) is 2.59. The topological polar surface area (TPSA) is 98.5 Å². The van der Waals surface area contributed by atoms with Crippen molar-refractivity contribution in [3.8, 4) is 0 Å². The van der Waals surface area contributed by atoms with Crippen LogP contribution in [0.15, 0.2) is 29.2 Å². The molecule has 22 heavy (non-hydrogen) atoms. The van der Waals surface area contributed by atoms with Crippen LogP contribution in [0.5, 0.6) is 0 Å². The van der Waals surface area contributed by atoms with Gasteiger partial charge in [0.2, 0.25) is 15.9 Å². The molecule has 3 N–H and O–H groups in total. The molecule has 0 fully saturated rings. The first-order chi connectivity index (χ1) is 9.99. The van der Waals surface area contributed by atoms with Gasteiger partial charge in [-0.25, -0.2) is 13.6 Å². The second kappa shape index (κ2) is 7.07. The standard InChI is InChI=1S/C12H15F3N2O4S/c1-8(17-11(18)6-21-7-12(13,14)15)9-2-4-10(5-3-9)22(16,19)20/h2-5,8H,6-7H2,1H3,(H,17,18)(H2,16,19,20)/t8-/m1/s1. The summed E-state index contributed by atoms with van der Waals surface area (Å²) in [5.41, 5.74) is 0.566. The first-order valence-electron chi connectivity index (χ1n) is 6.05. The molecule has 0 radical (unpaired) electrons. The average molecular weight is 340 g/mol. The molecule has 124 valence electrons. The highest BCUT2D eigenvalue weighted by Gasteiger charge is 2.27. The quantitative estimate of drug-likeness (QED) is 0.810. The zero-order valence-corrected chi connectivity index (χ0v) is 12.4. The van der Waals surface area contributed by atoms with Crippen LogP contribution >= 0.6 is 0 Å². The summed E-state index contributed by atoms with van der Waals surface area (Å²) in [6.07, 6.45) is -4.49. The number of rotatable bonds is 6. The number of alkyl halides is 3. The predicted molar refractivity (Wildman–Crippen MR) is 71.2 cm³/mol. The van der Waals surface area contributed by atoms with E-state index >= 15 is 0 Å². The second-order valence-corrected chi connectivity index (χ2v) is 6.07. The number of hydrogen-bond donors (Lipinski definition) is 2. The molecule has 0 bridgehead atoms. The van der Waals surface area contributed by atoms with Gasteiger partial charge >= 0.3 is 6.18 Å². The normalized spacial score (nSPS) is 13.7. The zero-order valence-electron chi connectivity index (χ0n) is 11.6. The Labute approximate surface area is 125 Å². The number of primary sulfonamides is 1. The molecule has 0 aliphatic rings. The van der Waals surface area contributed by atoms with E-state index in [-0.39, 0.29) is 4.90 Å². The molecule has 1 rings (SSSR count). The van der Waals surface area contributed by atoms with Crippen molar-refractivity contribution in [1.82, 2.24) is 5.32 Å². The van der Waals surface area contributed by atoms with Crippen molar-refractivity contribution >= 4 is 15.9 Å². The third-order valence-corrected chi connectivity index (χ3v) is 3.51. The lowest BCUT2D eigenvalue weighted by Gasteiger charge is -2.15. The van der Waals surface area contributed by atoms with Crippen molar-refractivity contribution in [2.45, 2.75) is 24.0 Å². The molecule has 0 aliphatic carbocycles. The fraction of sp³-hybridized carbons (Fsp3) is 0.417. The Morgan fingerprint density at radius 3 is 2.32 bits per heavy atom. The Kier molecular flexibility index (Phi) is 5.92. The number of nitrogens with one attached hydrogen (secondary N) is 1. The Morgan fingerprint density at radius 1 is 1.32 bits per heavy atom. The van der Waals surface area contributed by atoms with E-state index in [9.17, 15) is 26.4 Å². The van der Waals surface area contributed by atoms with Gasteiger partial charge in [0, 0.05) is 0 Å². The van der Waals surface area contributed by atoms with Crippen LogP contribution < -0.4 is 10.5 Å². The van der Waals surface area contributed by atoms with E-state index in [1.54, 1.807) is 6.92 Å². The minimum Gasteiger partial charge on any atom is -0.362 e. The van der Waals surface area contributed by atoms with Gasteiger partial charge in [0.25, 0.3) is 0 Å². The van der Waals surface area contributed by atoms with Gasteiger partial charge in [-0.2, -0.15) is 13.2 Å². The van der Waals surface area contributed by atoms with E-state index in [0.29, 0.717) is 5.56 Å². The maximum absolute atomic E-state index is 11.9. The van der Waals surface area contributed by atoms with Crippen molar-refractivity contribution in [2.24, 2.45) is 5.14 Å². The molecule has 1 aromatic rings. The molecule has 0 aliphatic heterocycles. The van der Waals surface area contributed by atoms with Crippen LogP contribution in [0.1, 0.15) is 18.5 Å². The SMILES string of the molecule is C[C@@H](NC(=O)COCC(F)(F)F)c1ccc(S(N)(=O)=O)cc1. The summed E-state index contributed by atoms with van der Waals surface area (Å²) in [6.45, 7) is -0.634. The number of carbonyl (C=O) groups excluding carboxylic acids is 1. The van der Waals surface area contributed by atoms with Crippen molar-refractivity contribution in [3.05, 3.63) is 29.8 Å². The Hall–Kier alpha value is -1.65. The molecule has 0 unspecified atom stereocenters. The molecular weight excluding hydrogens is 325 g/mol. The van der Waals surface area contributed by atoms with Gasteiger partial charge in [-0.3, -0.25) is 4.79 Å². The summed E-state index contributed by atoms with van der Waals surface area (Å²) in [7, 11) is -3.81. The van der Waals surface area contributed by atoms with Crippen LogP contribution in [0.3, 0.4) is 0 Å². The van der Waals surface area contributed by atoms with Crippen LogP contribution in [-0.2, 0) is 19.6 Å². The average Bonchev–Trinajstić information content (AvgIpc) is 2.36. The lowest BCUT2D eigenvalue weighted by molar-refractivity contribution is -0.175. The van der Waals surface area contributed by atoms with E-state index in [4.69, 9.17) is 5.14 Å². The summed E-state index contributed by atoms with van der Waals surface area (Å²) in [4.78, 5) is 11.3. The number of nitrogens with two attached hydrogens (primary N) is 1. The van der Waals surface area contributed by atoms with Crippen LogP contribution in [0.25, 0.3) is 0 Å².